The van der Waals surface area contributed by atoms with Crippen molar-refractivity contribution in [3.63, 3.8) is 0 Å². The van der Waals surface area contributed by atoms with Crippen molar-refractivity contribution in [2.45, 2.75) is 59.4 Å². The largest absolute Gasteiger partial charge is 0.379 e. The molecule has 0 bridgehead atoms. The summed E-state index contributed by atoms with van der Waals surface area (Å²) < 4.78 is 11.2. The minimum absolute atomic E-state index is 0. The second-order valence-electron chi connectivity index (χ2n) is 8.42. The molecule has 1 fully saturated rings. The molecule has 2 N–H and O–H groups in total. The summed E-state index contributed by atoms with van der Waals surface area (Å²) in [7, 11) is 1.83. The monoisotopic (exact) mass is 532 g/mol. The van der Waals surface area contributed by atoms with Crippen LogP contribution in [-0.4, -0.2) is 62.9 Å². The van der Waals surface area contributed by atoms with E-state index in [1.807, 2.05) is 7.05 Å². The summed E-state index contributed by atoms with van der Waals surface area (Å²) in [6.45, 7) is 14.7. The molecule has 1 unspecified atom stereocenters. The summed E-state index contributed by atoms with van der Waals surface area (Å²) in [4.78, 5) is 6.95. The quantitative estimate of drug-likeness (QED) is 0.274. The Balaban J connectivity index is 0.00000450. The van der Waals surface area contributed by atoms with Gasteiger partial charge in [0.15, 0.2) is 5.96 Å². The van der Waals surface area contributed by atoms with Gasteiger partial charge in [0.25, 0.3) is 0 Å². The summed E-state index contributed by atoms with van der Waals surface area (Å²) in [5.41, 5.74) is 2.43. The molecule has 1 aromatic rings. The van der Waals surface area contributed by atoms with Crippen LogP contribution in [0.15, 0.2) is 29.3 Å². The molecule has 30 heavy (non-hydrogen) atoms. The van der Waals surface area contributed by atoms with E-state index in [2.05, 4.69) is 72.5 Å². The average molecular weight is 533 g/mol. The van der Waals surface area contributed by atoms with Gasteiger partial charge in [0.2, 0.25) is 0 Å². The topological polar surface area (TPSA) is 58.1 Å². The summed E-state index contributed by atoms with van der Waals surface area (Å²) in [5.74, 6) is 1.51. The Labute approximate surface area is 200 Å². The fourth-order valence-corrected chi connectivity index (χ4v) is 3.56. The van der Waals surface area contributed by atoms with E-state index in [-0.39, 0.29) is 30.1 Å². The molecule has 1 heterocycles. The first-order valence-electron chi connectivity index (χ1n) is 10.9. The van der Waals surface area contributed by atoms with Crippen molar-refractivity contribution in [1.82, 2.24) is 15.5 Å². The Hall–Kier alpha value is -0.900. The molecule has 0 spiro atoms. The van der Waals surface area contributed by atoms with Crippen molar-refractivity contribution in [2.75, 3.05) is 39.9 Å². The van der Waals surface area contributed by atoms with Gasteiger partial charge in [-0.15, -0.1) is 24.0 Å². The highest BCUT2D eigenvalue weighted by Crippen LogP contribution is 2.13. The summed E-state index contributed by atoms with van der Waals surface area (Å²) in [6.07, 6.45) is 1.41. The highest BCUT2D eigenvalue weighted by atomic mass is 127. The molecule has 0 radical (unpaired) electrons. The van der Waals surface area contributed by atoms with Crippen molar-refractivity contribution >= 4 is 29.9 Å². The van der Waals surface area contributed by atoms with Crippen LogP contribution in [0, 0.1) is 5.92 Å². The van der Waals surface area contributed by atoms with E-state index in [0.29, 0.717) is 18.6 Å². The number of guanidine groups is 1. The van der Waals surface area contributed by atoms with Gasteiger partial charge < -0.3 is 20.1 Å². The van der Waals surface area contributed by atoms with Crippen molar-refractivity contribution in [1.29, 1.82) is 0 Å². The minimum Gasteiger partial charge on any atom is -0.379 e. The van der Waals surface area contributed by atoms with Gasteiger partial charge in [0.05, 0.1) is 25.9 Å². The lowest BCUT2D eigenvalue weighted by molar-refractivity contribution is 0.0132. The lowest BCUT2D eigenvalue weighted by Crippen LogP contribution is -2.50. The van der Waals surface area contributed by atoms with Gasteiger partial charge in [-0.3, -0.25) is 9.89 Å². The van der Waals surface area contributed by atoms with E-state index in [4.69, 9.17) is 9.47 Å². The van der Waals surface area contributed by atoms with E-state index in [1.54, 1.807) is 0 Å². The number of hydrogen-bond acceptors (Lipinski definition) is 4. The average Bonchev–Trinajstić information content (AvgIpc) is 2.72. The molecule has 1 aliphatic heterocycles. The Morgan fingerprint density at radius 1 is 1.13 bits per heavy atom. The molecule has 0 saturated carbocycles. The zero-order valence-corrected chi connectivity index (χ0v) is 21.6. The number of nitrogens with one attached hydrogen (secondary N) is 2. The molecule has 6 nitrogen and oxygen atoms in total. The molecular weight excluding hydrogens is 491 g/mol. The Kier molecular flexibility index (Phi) is 13.6. The zero-order chi connectivity index (χ0) is 21.1. The number of nitrogens with zero attached hydrogens (tertiary/aromatic N) is 2. The van der Waals surface area contributed by atoms with Gasteiger partial charge in [-0.1, -0.05) is 38.1 Å². The van der Waals surface area contributed by atoms with E-state index in [1.165, 1.54) is 17.5 Å². The maximum atomic E-state index is 5.71. The number of halogens is 1. The number of ether oxygens (including phenoxy) is 2. The second kappa shape index (κ2) is 15.0. The minimum atomic E-state index is 0. The van der Waals surface area contributed by atoms with Crippen LogP contribution < -0.4 is 10.6 Å². The molecule has 1 saturated heterocycles. The van der Waals surface area contributed by atoms with Gasteiger partial charge in [-0.2, -0.15) is 0 Å². The first kappa shape index (κ1) is 27.1. The third kappa shape index (κ3) is 10.4. The fourth-order valence-electron chi connectivity index (χ4n) is 3.56. The lowest BCUT2D eigenvalue weighted by atomic mass is 10.0. The van der Waals surface area contributed by atoms with Gasteiger partial charge in [-0.25, -0.2) is 0 Å². The summed E-state index contributed by atoms with van der Waals surface area (Å²) in [6, 6.07) is 9.02. The SMILES string of the molecule is CN=C(NCc1cccc(COC(C)C)c1)NCC(CC(C)C)N1CCOCC1.I. The lowest BCUT2D eigenvalue weighted by Gasteiger charge is -2.35. The van der Waals surface area contributed by atoms with Crippen LogP contribution in [0.1, 0.15) is 45.2 Å². The zero-order valence-electron chi connectivity index (χ0n) is 19.3. The van der Waals surface area contributed by atoms with E-state index in [0.717, 1.165) is 45.4 Å². The molecule has 2 rings (SSSR count). The molecule has 1 aliphatic rings. The normalized spacial score (nSPS) is 16.4. The number of benzene rings is 1. The van der Waals surface area contributed by atoms with Gasteiger partial charge in [0, 0.05) is 39.3 Å². The second-order valence-corrected chi connectivity index (χ2v) is 8.42. The maximum Gasteiger partial charge on any atom is 0.191 e. The molecule has 7 heteroatoms. The van der Waals surface area contributed by atoms with Crippen LogP contribution in [0.25, 0.3) is 0 Å². The third-order valence-corrected chi connectivity index (χ3v) is 5.07. The van der Waals surface area contributed by atoms with Crippen LogP contribution in [-0.2, 0) is 22.6 Å². The van der Waals surface area contributed by atoms with E-state index in [9.17, 15) is 0 Å². The number of aliphatic imine (C=N–C) groups is 1. The Morgan fingerprint density at radius 2 is 1.83 bits per heavy atom. The molecule has 0 amide bonds. The number of morpholine rings is 1. The molecular formula is C23H41IN4O2. The van der Waals surface area contributed by atoms with E-state index >= 15 is 0 Å². The molecule has 1 atom stereocenters. The smallest absolute Gasteiger partial charge is 0.191 e. The Bertz CT molecular complexity index is 619. The number of rotatable bonds is 10. The summed E-state index contributed by atoms with van der Waals surface area (Å²) in [5, 5.41) is 6.97. The molecule has 1 aromatic carbocycles. The fraction of sp³-hybridized carbons (Fsp3) is 0.696. The molecule has 0 aliphatic carbocycles. The van der Waals surface area contributed by atoms with Gasteiger partial charge >= 0.3 is 0 Å². The number of hydrogen-bond donors (Lipinski definition) is 2. The van der Waals surface area contributed by atoms with Crippen molar-refractivity contribution < 1.29 is 9.47 Å². The summed E-state index contributed by atoms with van der Waals surface area (Å²) >= 11 is 0. The van der Waals surface area contributed by atoms with Crippen molar-refractivity contribution in [2.24, 2.45) is 10.9 Å². The highest BCUT2D eigenvalue weighted by molar-refractivity contribution is 14.0. The van der Waals surface area contributed by atoms with Crippen LogP contribution in [0.2, 0.25) is 0 Å². The Morgan fingerprint density at radius 3 is 2.47 bits per heavy atom. The van der Waals surface area contributed by atoms with Crippen LogP contribution in [0.3, 0.4) is 0 Å². The van der Waals surface area contributed by atoms with Crippen LogP contribution in [0.4, 0.5) is 0 Å². The van der Waals surface area contributed by atoms with Gasteiger partial charge in [-0.05, 0) is 37.3 Å². The predicted octanol–water partition coefficient (Wildman–Crippen LogP) is 3.64. The highest BCUT2D eigenvalue weighted by Gasteiger charge is 2.22. The molecule has 172 valence electrons. The first-order valence-corrected chi connectivity index (χ1v) is 10.9. The van der Waals surface area contributed by atoms with E-state index < -0.39 is 0 Å². The molecule has 0 aromatic heterocycles. The standard InChI is InChI=1S/C23H40N4O2.HI/c1-18(2)13-22(27-9-11-28-12-10-27)16-26-23(24-5)25-15-20-7-6-8-21(14-20)17-29-19(3)4;/h6-8,14,18-19,22H,9-13,15-17H2,1-5H3,(H2,24,25,26);1H. The predicted molar refractivity (Wildman–Crippen MR) is 136 cm³/mol. The van der Waals surface area contributed by atoms with Crippen molar-refractivity contribution in [3.8, 4) is 0 Å². The third-order valence-electron chi connectivity index (χ3n) is 5.07. The van der Waals surface area contributed by atoms with Crippen LogP contribution in [0.5, 0.6) is 0 Å². The maximum absolute atomic E-state index is 5.71. The van der Waals surface area contributed by atoms with Crippen molar-refractivity contribution in [3.05, 3.63) is 35.4 Å². The van der Waals surface area contributed by atoms with Crippen LogP contribution >= 0.6 is 24.0 Å². The van der Waals surface area contributed by atoms with Gasteiger partial charge in [0.1, 0.15) is 0 Å². The first-order chi connectivity index (χ1) is 14.0.